The molecule has 0 unspecified atom stereocenters. The molecule has 1 amide bonds. The Balaban J connectivity index is 1.71. The highest BCUT2D eigenvalue weighted by Gasteiger charge is 2.27. The second-order valence-electron chi connectivity index (χ2n) is 7.57. The third kappa shape index (κ3) is 5.80. The van der Waals surface area contributed by atoms with Crippen LogP contribution in [0.1, 0.15) is 55.1 Å². The highest BCUT2D eigenvalue weighted by Crippen LogP contribution is 2.20. The Hall–Kier alpha value is -4.14. The molecule has 1 aromatic carbocycles. The van der Waals surface area contributed by atoms with Crippen molar-refractivity contribution in [2.75, 3.05) is 13.2 Å². The third-order valence-corrected chi connectivity index (χ3v) is 5.16. The summed E-state index contributed by atoms with van der Waals surface area (Å²) in [6, 6.07) is 11.1. The largest absolute Gasteiger partial charge is 0.461 e. The van der Waals surface area contributed by atoms with E-state index in [0.717, 1.165) is 5.56 Å². The van der Waals surface area contributed by atoms with E-state index in [1.165, 1.54) is 12.3 Å². The number of esters is 2. The minimum Gasteiger partial charge on any atom is -0.461 e. The van der Waals surface area contributed by atoms with E-state index in [2.05, 4.69) is 10.3 Å². The fourth-order valence-corrected chi connectivity index (χ4v) is 3.57. The van der Waals surface area contributed by atoms with E-state index in [0.29, 0.717) is 11.3 Å². The van der Waals surface area contributed by atoms with Crippen LogP contribution in [-0.2, 0) is 20.7 Å². The van der Waals surface area contributed by atoms with Crippen LogP contribution in [0.5, 0.6) is 0 Å². The van der Waals surface area contributed by atoms with Crippen molar-refractivity contribution in [2.24, 2.45) is 0 Å². The fraction of sp³-hybridized carbons (Fsp3) is 0.280. The van der Waals surface area contributed by atoms with Gasteiger partial charge in [-0.2, -0.15) is 0 Å². The van der Waals surface area contributed by atoms with Crippen LogP contribution in [0.25, 0.3) is 0 Å². The van der Waals surface area contributed by atoms with Gasteiger partial charge in [-0.1, -0.05) is 30.3 Å². The maximum Gasteiger partial charge on any atom is 0.355 e. The number of rotatable bonds is 10. The number of hydrogen-bond donors (Lipinski definition) is 2. The number of aryl methyl sites for hydroxylation is 1. The van der Waals surface area contributed by atoms with E-state index < -0.39 is 36.3 Å². The summed E-state index contributed by atoms with van der Waals surface area (Å²) in [7, 11) is 0. The SMILES string of the molecule is CCOC(=O)c1[nH]c(C)c(C(=O)COC(=O)[C@H](Cc2ccccc2)NC(=O)c2ccco2)c1C. The highest BCUT2D eigenvalue weighted by molar-refractivity contribution is 6.04. The molecule has 9 nitrogen and oxygen atoms in total. The van der Waals surface area contributed by atoms with E-state index in [-0.39, 0.29) is 30.0 Å². The Kier molecular flexibility index (Phi) is 8.02. The molecule has 2 aromatic heterocycles. The molecule has 0 aliphatic rings. The van der Waals surface area contributed by atoms with Crippen molar-refractivity contribution in [1.82, 2.24) is 10.3 Å². The number of benzene rings is 1. The molecule has 2 N–H and O–H groups in total. The quantitative estimate of drug-likeness (QED) is 0.347. The summed E-state index contributed by atoms with van der Waals surface area (Å²) in [5.41, 5.74) is 2.13. The van der Waals surface area contributed by atoms with E-state index in [1.54, 1.807) is 26.8 Å². The number of ether oxygens (including phenoxy) is 2. The van der Waals surface area contributed by atoms with Crippen molar-refractivity contribution in [3.63, 3.8) is 0 Å². The van der Waals surface area contributed by atoms with Crippen LogP contribution < -0.4 is 5.32 Å². The number of hydrogen-bond acceptors (Lipinski definition) is 7. The molecule has 0 aliphatic carbocycles. The van der Waals surface area contributed by atoms with Crippen molar-refractivity contribution >= 4 is 23.6 Å². The number of ketones is 1. The van der Waals surface area contributed by atoms with Gasteiger partial charge in [0.1, 0.15) is 11.7 Å². The van der Waals surface area contributed by atoms with Crippen molar-refractivity contribution in [1.29, 1.82) is 0 Å². The maximum absolute atomic E-state index is 12.9. The first-order chi connectivity index (χ1) is 16.3. The van der Waals surface area contributed by atoms with Crippen LogP contribution in [-0.4, -0.2) is 47.9 Å². The topological polar surface area (TPSA) is 128 Å². The summed E-state index contributed by atoms with van der Waals surface area (Å²) in [6.45, 7) is 4.59. The predicted octanol–water partition coefficient (Wildman–Crippen LogP) is 3.17. The van der Waals surface area contributed by atoms with Crippen LogP contribution in [0.3, 0.4) is 0 Å². The zero-order valence-corrected chi connectivity index (χ0v) is 19.2. The van der Waals surface area contributed by atoms with Crippen LogP contribution in [0.2, 0.25) is 0 Å². The Morgan fingerprint density at radius 1 is 1.03 bits per heavy atom. The zero-order chi connectivity index (χ0) is 24.7. The molecule has 34 heavy (non-hydrogen) atoms. The molecule has 2 heterocycles. The Morgan fingerprint density at radius 2 is 1.76 bits per heavy atom. The molecular formula is C25H26N2O7. The lowest BCUT2D eigenvalue weighted by molar-refractivity contribution is -0.144. The summed E-state index contributed by atoms with van der Waals surface area (Å²) in [5.74, 6) is -2.35. The van der Waals surface area contributed by atoms with Crippen LogP contribution in [0.15, 0.2) is 53.1 Å². The normalized spacial score (nSPS) is 11.5. The third-order valence-electron chi connectivity index (χ3n) is 5.16. The molecule has 0 bridgehead atoms. The van der Waals surface area contributed by atoms with Gasteiger partial charge < -0.3 is 24.2 Å². The first-order valence-corrected chi connectivity index (χ1v) is 10.8. The lowest BCUT2D eigenvalue weighted by Gasteiger charge is -2.17. The lowest BCUT2D eigenvalue weighted by atomic mass is 10.1. The molecule has 0 saturated heterocycles. The van der Waals surface area contributed by atoms with E-state index in [4.69, 9.17) is 13.9 Å². The molecule has 0 aliphatic heterocycles. The summed E-state index contributed by atoms with van der Waals surface area (Å²) >= 11 is 0. The first-order valence-electron chi connectivity index (χ1n) is 10.8. The smallest absolute Gasteiger partial charge is 0.355 e. The van der Waals surface area contributed by atoms with Gasteiger partial charge >= 0.3 is 11.9 Å². The van der Waals surface area contributed by atoms with Crippen molar-refractivity contribution in [3.05, 3.63) is 82.6 Å². The Labute approximate surface area is 196 Å². The summed E-state index contributed by atoms with van der Waals surface area (Å²) < 4.78 is 15.4. The molecule has 0 saturated carbocycles. The van der Waals surface area contributed by atoms with Gasteiger partial charge in [0.15, 0.2) is 12.4 Å². The Bertz CT molecular complexity index is 1160. The maximum atomic E-state index is 12.9. The van der Waals surface area contributed by atoms with Gasteiger partial charge in [-0.25, -0.2) is 9.59 Å². The second-order valence-corrected chi connectivity index (χ2v) is 7.57. The zero-order valence-electron chi connectivity index (χ0n) is 19.2. The van der Waals surface area contributed by atoms with Crippen LogP contribution >= 0.6 is 0 Å². The molecule has 0 radical (unpaired) electrons. The van der Waals surface area contributed by atoms with Gasteiger partial charge in [0.05, 0.1) is 12.9 Å². The second kappa shape index (κ2) is 11.1. The standard InChI is InChI=1S/C25H26N2O7/c1-4-32-25(31)22-15(2)21(16(3)26-22)19(28)14-34-24(30)18(13-17-9-6-5-7-10-17)27-23(29)20-11-8-12-33-20/h5-12,18,26H,4,13-14H2,1-3H3,(H,27,29)/t18-/m0/s1. The van der Waals surface area contributed by atoms with Crippen molar-refractivity contribution in [3.8, 4) is 0 Å². The molecule has 1 atom stereocenters. The average molecular weight is 466 g/mol. The van der Waals surface area contributed by atoms with Gasteiger partial charge in [0.2, 0.25) is 5.78 Å². The van der Waals surface area contributed by atoms with Crippen LogP contribution in [0.4, 0.5) is 0 Å². The van der Waals surface area contributed by atoms with Crippen LogP contribution in [0, 0.1) is 13.8 Å². The molecule has 0 spiro atoms. The number of carbonyl (C=O) groups excluding carboxylic acids is 4. The van der Waals surface area contributed by atoms with E-state index in [1.807, 2.05) is 30.3 Å². The minimum absolute atomic E-state index is 0.0482. The minimum atomic E-state index is -1.05. The number of nitrogens with one attached hydrogen (secondary N) is 2. The van der Waals surface area contributed by atoms with Crippen molar-refractivity contribution < 1.29 is 33.1 Å². The van der Waals surface area contributed by atoms with E-state index >= 15 is 0 Å². The number of Topliss-reactive ketones (excluding diaryl/α,β-unsaturated/α-hetero) is 1. The van der Waals surface area contributed by atoms with Gasteiger partial charge in [-0.05, 0) is 44.0 Å². The van der Waals surface area contributed by atoms with Gasteiger partial charge in [0.25, 0.3) is 5.91 Å². The fourth-order valence-electron chi connectivity index (χ4n) is 3.57. The first kappa shape index (κ1) is 24.5. The predicted molar refractivity (Wildman–Crippen MR) is 122 cm³/mol. The number of aromatic amines is 1. The Morgan fingerprint density at radius 3 is 2.41 bits per heavy atom. The molecule has 9 heteroatoms. The number of aromatic nitrogens is 1. The van der Waals surface area contributed by atoms with Gasteiger partial charge in [-0.15, -0.1) is 0 Å². The van der Waals surface area contributed by atoms with E-state index in [9.17, 15) is 19.2 Å². The number of H-pyrrole nitrogens is 1. The average Bonchev–Trinajstić information content (AvgIpc) is 3.46. The molecule has 178 valence electrons. The van der Waals surface area contributed by atoms with Crippen molar-refractivity contribution in [2.45, 2.75) is 33.2 Å². The molecular weight excluding hydrogens is 440 g/mol. The lowest BCUT2D eigenvalue weighted by Crippen LogP contribution is -2.43. The van der Waals surface area contributed by atoms with Gasteiger partial charge in [0, 0.05) is 17.7 Å². The molecule has 3 aromatic rings. The number of furan rings is 1. The molecule has 3 rings (SSSR count). The number of amides is 1. The summed E-state index contributed by atoms with van der Waals surface area (Å²) in [6.07, 6.45) is 1.51. The summed E-state index contributed by atoms with van der Waals surface area (Å²) in [4.78, 5) is 53.1. The monoisotopic (exact) mass is 466 g/mol. The van der Waals surface area contributed by atoms with Gasteiger partial charge in [-0.3, -0.25) is 9.59 Å². The molecule has 0 fully saturated rings. The number of carbonyl (C=O) groups is 4. The highest BCUT2D eigenvalue weighted by atomic mass is 16.5. The summed E-state index contributed by atoms with van der Waals surface area (Å²) in [5, 5.41) is 2.60.